The molecular formula is C21H18N4O3S. The van der Waals surface area contributed by atoms with Crippen molar-refractivity contribution in [2.75, 3.05) is 17.7 Å². The Balaban J connectivity index is 1.32. The number of carbonyl (C=O) groups is 2. The van der Waals surface area contributed by atoms with Crippen molar-refractivity contribution in [3.8, 4) is 11.4 Å². The Labute approximate surface area is 171 Å². The Morgan fingerprint density at radius 2 is 2.03 bits per heavy atom. The van der Waals surface area contributed by atoms with Crippen LogP contribution < -0.4 is 10.1 Å². The maximum Gasteiger partial charge on any atom is 0.262 e. The summed E-state index contributed by atoms with van der Waals surface area (Å²) in [6.45, 7) is -0.00475. The Bertz CT molecular complexity index is 1090. The highest BCUT2D eigenvalue weighted by Crippen LogP contribution is 2.40. The third kappa shape index (κ3) is 3.75. The number of aromatic nitrogens is 3. The smallest absolute Gasteiger partial charge is 0.262 e. The second-order valence-electron chi connectivity index (χ2n) is 7.03. The molecule has 0 atom stereocenters. The number of amides is 1. The van der Waals surface area contributed by atoms with E-state index in [2.05, 4.69) is 15.4 Å². The topological polar surface area (TPSA) is 86.1 Å². The maximum absolute atomic E-state index is 12.7. The second-order valence-corrected chi connectivity index (χ2v) is 7.98. The molecule has 0 radical (unpaired) electrons. The fourth-order valence-electron chi connectivity index (χ4n) is 3.20. The first-order valence-electron chi connectivity index (χ1n) is 9.42. The number of para-hydroxylation sites is 1. The van der Waals surface area contributed by atoms with Gasteiger partial charge in [-0.25, -0.2) is 9.67 Å². The Kier molecular flexibility index (Phi) is 4.55. The molecule has 3 aromatic rings. The first-order chi connectivity index (χ1) is 14.2. The number of nitrogens with one attached hydrogen (secondary N) is 1. The van der Waals surface area contributed by atoms with Crippen LogP contribution in [-0.2, 0) is 4.79 Å². The number of hydrogen-bond donors (Lipinski definition) is 1. The lowest BCUT2D eigenvalue weighted by atomic mass is 10.1. The molecule has 8 heteroatoms. The highest BCUT2D eigenvalue weighted by atomic mass is 32.2. The van der Waals surface area contributed by atoms with Gasteiger partial charge in [0.05, 0.1) is 17.1 Å². The van der Waals surface area contributed by atoms with E-state index in [0.29, 0.717) is 28.1 Å². The molecule has 0 bridgehead atoms. The Morgan fingerprint density at radius 1 is 1.21 bits per heavy atom. The van der Waals surface area contributed by atoms with Crippen LogP contribution in [0.4, 0.5) is 5.69 Å². The largest absolute Gasteiger partial charge is 0.482 e. The molecule has 0 saturated heterocycles. The van der Waals surface area contributed by atoms with E-state index in [1.165, 1.54) is 11.8 Å². The van der Waals surface area contributed by atoms with Crippen LogP contribution in [0.15, 0.2) is 53.7 Å². The van der Waals surface area contributed by atoms with Gasteiger partial charge in [-0.1, -0.05) is 30.0 Å². The normalized spacial score (nSPS) is 15.4. The van der Waals surface area contributed by atoms with Gasteiger partial charge in [-0.2, -0.15) is 0 Å². The van der Waals surface area contributed by atoms with Gasteiger partial charge in [0, 0.05) is 11.5 Å². The van der Waals surface area contributed by atoms with Crippen molar-refractivity contribution in [3.63, 3.8) is 0 Å². The van der Waals surface area contributed by atoms with Crippen LogP contribution in [0.5, 0.6) is 5.75 Å². The molecule has 0 unspecified atom stereocenters. The van der Waals surface area contributed by atoms with E-state index in [-0.39, 0.29) is 24.1 Å². The van der Waals surface area contributed by atoms with Crippen LogP contribution in [0.25, 0.3) is 5.69 Å². The SMILES string of the molecule is O=C1COc2ccc(C(=O)CSc3nc(C4CC4)n(-c4ccccc4)n3)cc2N1. The zero-order valence-corrected chi connectivity index (χ0v) is 16.3. The molecule has 2 heterocycles. The average Bonchev–Trinajstić information content (AvgIpc) is 3.51. The molecule has 1 N–H and O–H groups in total. The van der Waals surface area contributed by atoms with Gasteiger partial charge in [0.1, 0.15) is 11.6 Å². The molecule has 2 aromatic carbocycles. The number of anilines is 1. The number of carbonyl (C=O) groups excluding carboxylic acids is 2. The van der Waals surface area contributed by atoms with E-state index < -0.39 is 0 Å². The quantitative estimate of drug-likeness (QED) is 0.498. The predicted octanol–water partition coefficient (Wildman–Crippen LogP) is 3.45. The second kappa shape index (κ2) is 7.36. The highest BCUT2D eigenvalue weighted by molar-refractivity contribution is 7.99. The fourth-order valence-corrected chi connectivity index (χ4v) is 3.92. The zero-order valence-electron chi connectivity index (χ0n) is 15.5. The third-order valence-corrected chi connectivity index (χ3v) is 5.66. The van der Waals surface area contributed by atoms with Crippen molar-refractivity contribution in [2.45, 2.75) is 23.9 Å². The van der Waals surface area contributed by atoms with Crippen molar-refractivity contribution >= 4 is 29.1 Å². The number of thioether (sulfide) groups is 1. The summed E-state index contributed by atoms with van der Waals surface area (Å²) < 4.78 is 7.22. The summed E-state index contributed by atoms with van der Waals surface area (Å²) in [7, 11) is 0. The summed E-state index contributed by atoms with van der Waals surface area (Å²) in [4.78, 5) is 28.8. The number of nitrogens with zero attached hydrogens (tertiary/aromatic N) is 3. The van der Waals surface area contributed by atoms with Crippen LogP contribution in [-0.4, -0.2) is 38.8 Å². The number of Topliss-reactive ketones (excluding diaryl/α,β-unsaturated/α-hetero) is 1. The van der Waals surface area contributed by atoms with Crippen molar-refractivity contribution < 1.29 is 14.3 Å². The van der Waals surface area contributed by atoms with Crippen LogP contribution in [0.1, 0.15) is 34.9 Å². The third-order valence-electron chi connectivity index (χ3n) is 4.82. The first-order valence-corrected chi connectivity index (χ1v) is 10.4. The van der Waals surface area contributed by atoms with Gasteiger partial charge in [0.15, 0.2) is 12.4 Å². The Hall–Kier alpha value is -3.13. The molecule has 1 amide bonds. The molecule has 0 spiro atoms. The van der Waals surface area contributed by atoms with E-state index in [9.17, 15) is 9.59 Å². The number of benzene rings is 2. The van der Waals surface area contributed by atoms with Gasteiger partial charge < -0.3 is 10.1 Å². The standard InChI is InChI=1S/C21H18N4O3S/c26-17(14-8-9-18-16(10-14)22-19(27)11-28-18)12-29-21-23-20(13-6-7-13)25(24-21)15-4-2-1-3-5-15/h1-5,8-10,13H,6-7,11-12H2,(H,22,27). The van der Waals surface area contributed by atoms with Crippen LogP contribution in [0, 0.1) is 0 Å². The number of rotatable bonds is 6. The van der Waals surface area contributed by atoms with E-state index in [1.54, 1.807) is 18.2 Å². The molecule has 1 aromatic heterocycles. The minimum atomic E-state index is -0.222. The maximum atomic E-state index is 12.7. The number of ether oxygens (including phenoxy) is 1. The van der Waals surface area contributed by atoms with Gasteiger partial charge in [-0.05, 0) is 43.2 Å². The van der Waals surface area contributed by atoms with Crippen LogP contribution in [0.2, 0.25) is 0 Å². The van der Waals surface area contributed by atoms with E-state index in [4.69, 9.17) is 4.74 Å². The van der Waals surface area contributed by atoms with Crippen molar-refractivity contribution in [3.05, 3.63) is 59.9 Å². The molecule has 2 aliphatic rings. The van der Waals surface area contributed by atoms with Gasteiger partial charge in [0.2, 0.25) is 5.16 Å². The van der Waals surface area contributed by atoms with Crippen molar-refractivity contribution in [1.82, 2.24) is 14.8 Å². The van der Waals surface area contributed by atoms with E-state index >= 15 is 0 Å². The van der Waals surface area contributed by atoms with Gasteiger partial charge in [0.25, 0.3) is 5.91 Å². The Morgan fingerprint density at radius 3 is 2.83 bits per heavy atom. The van der Waals surface area contributed by atoms with Gasteiger partial charge >= 0.3 is 0 Å². The highest BCUT2D eigenvalue weighted by Gasteiger charge is 2.30. The molecule has 1 aliphatic carbocycles. The number of ketones is 1. The monoisotopic (exact) mass is 406 g/mol. The summed E-state index contributed by atoms with van der Waals surface area (Å²) in [6.07, 6.45) is 2.25. The molecule has 1 saturated carbocycles. The predicted molar refractivity (Wildman–Crippen MR) is 109 cm³/mol. The summed E-state index contributed by atoms with van der Waals surface area (Å²) >= 11 is 1.32. The molecule has 7 nitrogen and oxygen atoms in total. The average molecular weight is 406 g/mol. The lowest BCUT2D eigenvalue weighted by Crippen LogP contribution is -2.25. The number of hydrogen-bond acceptors (Lipinski definition) is 6. The fraction of sp³-hybridized carbons (Fsp3) is 0.238. The van der Waals surface area contributed by atoms with Crippen molar-refractivity contribution in [1.29, 1.82) is 0 Å². The molecule has 29 heavy (non-hydrogen) atoms. The lowest BCUT2D eigenvalue weighted by molar-refractivity contribution is -0.118. The first kappa shape index (κ1) is 17.9. The van der Waals surface area contributed by atoms with Crippen molar-refractivity contribution in [2.24, 2.45) is 0 Å². The van der Waals surface area contributed by atoms with Crippen LogP contribution >= 0.6 is 11.8 Å². The van der Waals surface area contributed by atoms with Crippen LogP contribution in [0.3, 0.4) is 0 Å². The summed E-state index contributed by atoms with van der Waals surface area (Å²) in [5, 5.41) is 7.95. The minimum Gasteiger partial charge on any atom is -0.482 e. The summed E-state index contributed by atoms with van der Waals surface area (Å²) in [6, 6.07) is 15.0. The van der Waals surface area contributed by atoms with E-state index in [0.717, 1.165) is 24.4 Å². The molecule has 1 fully saturated rings. The molecular weight excluding hydrogens is 388 g/mol. The molecule has 1 aliphatic heterocycles. The molecule has 5 rings (SSSR count). The summed E-state index contributed by atoms with van der Waals surface area (Å²) in [5.41, 5.74) is 2.03. The van der Waals surface area contributed by atoms with E-state index in [1.807, 2.05) is 35.0 Å². The summed E-state index contributed by atoms with van der Waals surface area (Å²) in [5.74, 6) is 1.92. The molecule has 146 valence electrons. The minimum absolute atomic E-state index is 0.00475. The number of fused-ring (bicyclic) bond motifs is 1. The zero-order chi connectivity index (χ0) is 19.8. The lowest BCUT2D eigenvalue weighted by Gasteiger charge is -2.18. The van der Waals surface area contributed by atoms with Gasteiger partial charge in [-0.3, -0.25) is 9.59 Å². The van der Waals surface area contributed by atoms with Gasteiger partial charge in [-0.15, -0.1) is 5.10 Å².